The molecule has 0 aliphatic heterocycles. The fourth-order valence-corrected chi connectivity index (χ4v) is 3.42. The molecule has 0 bridgehead atoms. The maximum atomic E-state index is 12.6. The molecular formula is C16H21NO8S. The number of rotatable bonds is 9. The van der Waals surface area contributed by atoms with Gasteiger partial charge in [-0.25, -0.2) is 18.0 Å². The first-order valence-corrected chi connectivity index (χ1v) is 9.21. The van der Waals surface area contributed by atoms with Crippen molar-refractivity contribution in [1.29, 1.82) is 0 Å². The highest BCUT2D eigenvalue weighted by atomic mass is 32.2. The molecule has 0 spiro atoms. The van der Waals surface area contributed by atoms with Crippen molar-refractivity contribution in [3.05, 3.63) is 29.3 Å². The van der Waals surface area contributed by atoms with E-state index in [1.165, 1.54) is 0 Å². The molecule has 0 aliphatic carbocycles. The molecular weight excluding hydrogens is 366 g/mol. The Hall–Kier alpha value is -2.46. The van der Waals surface area contributed by atoms with Gasteiger partial charge >= 0.3 is 17.9 Å². The number of carboxylic acids is 1. The smallest absolute Gasteiger partial charge is 0.337 e. The summed E-state index contributed by atoms with van der Waals surface area (Å²) in [6.45, 7) is 1.84. The highest BCUT2D eigenvalue weighted by molar-refractivity contribution is 7.89. The second-order valence-electron chi connectivity index (χ2n) is 5.38. The largest absolute Gasteiger partial charge is 0.480 e. The minimum Gasteiger partial charge on any atom is -0.480 e. The third-order valence-corrected chi connectivity index (χ3v) is 4.95. The summed E-state index contributed by atoms with van der Waals surface area (Å²) in [5.74, 6) is -3.03. The molecule has 10 heteroatoms. The van der Waals surface area contributed by atoms with Gasteiger partial charge in [-0.1, -0.05) is 19.8 Å². The van der Waals surface area contributed by atoms with Gasteiger partial charge in [0.05, 0.1) is 30.2 Å². The Kier molecular flexibility index (Phi) is 7.72. The molecule has 144 valence electrons. The number of sulfonamides is 1. The highest BCUT2D eigenvalue weighted by Gasteiger charge is 2.27. The number of methoxy groups -OCH3 is 2. The maximum Gasteiger partial charge on any atom is 0.337 e. The van der Waals surface area contributed by atoms with Gasteiger partial charge in [0.15, 0.2) is 0 Å². The van der Waals surface area contributed by atoms with Crippen molar-refractivity contribution in [3.8, 4) is 0 Å². The van der Waals surface area contributed by atoms with E-state index in [9.17, 15) is 27.9 Å². The summed E-state index contributed by atoms with van der Waals surface area (Å²) in [5.41, 5.74) is -0.368. The van der Waals surface area contributed by atoms with Crippen LogP contribution in [0.4, 0.5) is 0 Å². The first kappa shape index (κ1) is 21.6. The van der Waals surface area contributed by atoms with Gasteiger partial charge in [-0.05, 0) is 24.6 Å². The Morgan fingerprint density at radius 2 is 1.58 bits per heavy atom. The summed E-state index contributed by atoms with van der Waals surface area (Å²) in [7, 11) is -2.11. The lowest BCUT2D eigenvalue weighted by atomic mass is 10.1. The van der Waals surface area contributed by atoms with E-state index in [1.54, 1.807) is 0 Å². The summed E-state index contributed by atoms with van der Waals surface area (Å²) in [5, 5.41) is 9.20. The zero-order valence-electron chi connectivity index (χ0n) is 14.6. The minimum absolute atomic E-state index is 0.103. The maximum absolute atomic E-state index is 12.6. The van der Waals surface area contributed by atoms with Crippen molar-refractivity contribution < 1.29 is 37.4 Å². The van der Waals surface area contributed by atoms with Gasteiger partial charge in [0, 0.05) is 0 Å². The van der Waals surface area contributed by atoms with Crippen LogP contribution in [0.5, 0.6) is 0 Å². The molecule has 0 aliphatic rings. The molecule has 1 atom stereocenters. The average Bonchev–Trinajstić information content (AvgIpc) is 2.62. The molecule has 0 saturated heterocycles. The van der Waals surface area contributed by atoms with Crippen LogP contribution in [0.15, 0.2) is 23.1 Å². The predicted molar refractivity (Wildman–Crippen MR) is 90.4 cm³/mol. The zero-order valence-corrected chi connectivity index (χ0v) is 15.5. The molecule has 1 aromatic rings. The van der Waals surface area contributed by atoms with Crippen molar-refractivity contribution in [3.63, 3.8) is 0 Å². The molecule has 26 heavy (non-hydrogen) atoms. The van der Waals surface area contributed by atoms with Crippen molar-refractivity contribution in [2.45, 2.75) is 37.1 Å². The molecule has 0 heterocycles. The van der Waals surface area contributed by atoms with Crippen LogP contribution in [0.3, 0.4) is 0 Å². The number of carboxylic acid groups (broad SMARTS) is 1. The van der Waals surface area contributed by atoms with Gasteiger partial charge in [0.2, 0.25) is 10.0 Å². The quantitative estimate of drug-likeness (QED) is 0.603. The third-order valence-electron chi connectivity index (χ3n) is 3.50. The number of carbonyl (C=O) groups excluding carboxylic acids is 2. The Morgan fingerprint density at radius 1 is 1.08 bits per heavy atom. The van der Waals surface area contributed by atoms with Crippen LogP contribution in [-0.2, 0) is 24.3 Å². The fraction of sp³-hybridized carbons (Fsp3) is 0.438. The van der Waals surface area contributed by atoms with Crippen LogP contribution in [0.25, 0.3) is 0 Å². The van der Waals surface area contributed by atoms with Gasteiger partial charge in [-0.2, -0.15) is 4.72 Å². The molecule has 0 fully saturated rings. The fourth-order valence-electron chi connectivity index (χ4n) is 2.12. The molecule has 1 rings (SSSR count). The number of unbranched alkanes of at least 4 members (excludes halogenated alkanes) is 1. The van der Waals surface area contributed by atoms with E-state index in [2.05, 4.69) is 14.2 Å². The molecule has 2 N–H and O–H groups in total. The van der Waals surface area contributed by atoms with E-state index in [-0.39, 0.29) is 17.5 Å². The van der Waals surface area contributed by atoms with Gasteiger partial charge in [0.1, 0.15) is 6.04 Å². The van der Waals surface area contributed by atoms with E-state index in [1.807, 2.05) is 6.92 Å². The first-order valence-electron chi connectivity index (χ1n) is 7.73. The number of carbonyl (C=O) groups is 3. The van der Waals surface area contributed by atoms with Crippen molar-refractivity contribution in [2.24, 2.45) is 0 Å². The third kappa shape index (κ3) is 5.53. The van der Waals surface area contributed by atoms with Gasteiger partial charge in [-0.15, -0.1) is 0 Å². The first-order chi connectivity index (χ1) is 12.2. The Balaban J connectivity index is 3.34. The molecule has 0 radical (unpaired) electrons. The van der Waals surface area contributed by atoms with Crippen LogP contribution < -0.4 is 4.72 Å². The van der Waals surface area contributed by atoms with E-state index in [4.69, 9.17) is 0 Å². The Morgan fingerprint density at radius 3 is 1.96 bits per heavy atom. The van der Waals surface area contributed by atoms with E-state index in [0.29, 0.717) is 12.8 Å². The van der Waals surface area contributed by atoms with Gasteiger partial charge in [-0.3, -0.25) is 4.79 Å². The number of nitrogens with one attached hydrogen (secondary N) is 1. The van der Waals surface area contributed by atoms with Crippen LogP contribution in [0.2, 0.25) is 0 Å². The van der Waals surface area contributed by atoms with Crippen LogP contribution in [0.1, 0.15) is 46.9 Å². The summed E-state index contributed by atoms with van der Waals surface area (Å²) in [6.07, 6.45) is 1.30. The van der Waals surface area contributed by atoms with Crippen molar-refractivity contribution in [1.82, 2.24) is 4.72 Å². The molecule has 9 nitrogen and oxygen atoms in total. The summed E-state index contributed by atoms with van der Waals surface area (Å²) in [4.78, 5) is 34.3. The number of esters is 2. The second kappa shape index (κ2) is 9.30. The van der Waals surface area contributed by atoms with E-state index < -0.39 is 38.9 Å². The standard InChI is InChI=1S/C16H21NO8S/c1-4-5-6-13(14(18)19)17-26(22,23)12-8-10(15(20)24-2)7-11(9-12)16(21)25-3/h7-9,13,17H,4-6H2,1-3H3,(H,18,19). The van der Waals surface area contributed by atoms with Crippen LogP contribution >= 0.6 is 0 Å². The summed E-state index contributed by atoms with van der Waals surface area (Å²) < 4.78 is 36.3. The SMILES string of the molecule is CCCCC(NS(=O)(=O)c1cc(C(=O)OC)cc(C(=O)OC)c1)C(=O)O. The van der Waals surface area contributed by atoms with Crippen LogP contribution in [-0.4, -0.2) is 51.7 Å². The Bertz CT molecular complexity index is 753. The van der Waals surface area contributed by atoms with Gasteiger partial charge in [0.25, 0.3) is 0 Å². The minimum atomic E-state index is -4.31. The topological polar surface area (TPSA) is 136 Å². The molecule has 0 saturated carbocycles. The van der Waals surface area contributed by atoms with E-state index >= 15 is 0 Å². The normalized spacial score (nSPS) is 12.3. The highest BCUT2D eigenvalue weighted by Crippen LogP contribution is 2.18. The predicted octanol–water partition coefficient (Wildman–Crippen LogP) is 1.18. The zero-order chi connectivity index (χ0) is 19.9. The number of aliphatic carboxylic acids is 1. The van der Waals surface area contributed by atoms with Crippen molar-refractivity contribution >= 4 is 27.9 Å². The van der Waals surface area contributed by atoms with Crippen molar-refractivity contribution in [2.75, 3.05) is 14.2 Å². The number of benzene rings is 1. The lowest BCUT2D eigenvalue weighted by Gasteiger charge is -2.15. The lowest BCUT2D eigenvalue weighted by molar-refractivity contribution is -0.139. The molecule has 0 amide bonds. The van der Waals surface area contributed by atoms with Crippen LogP contribution in [0, 0.1) is 0 Å². The summed E-state index contributed by atoms with van der Waals surface area (Å²) >= 11 is 0. The number of hydrogen-bond acceptors (Lipinski definition) is 7. The molecule has 1 aromatic carbocycles. The number of hydrogen-bond donors (Lipinski definition) is 2. The van der Waals surface area contributed by atoms with E-state index in [0.717, 1.165) is 32.4 Å². The van der Waals surface area contributed by atoms with Gasteiger partial charge < -0.3 is 14.6 Å². The summed E-state index contributed by atoms with van der Waals surface area (Å²) in [6, 6.07) is 1.80. The lowest BCUT2D eigenvalue weighted by Crippen LogP contribution is -2.40. The monoisotopic (exact) mass is 387 g/mol. The molecule has 1 unspecified atom stereocenters. The Labute approximate surface area is 151 Å². The number of ether oxygens (including phenoxy) is 2. The average molecular weight is 387 g/mol. The second-order valence-corrected chi connectivity index (χ2v) is 7.10. The molecule has 0 aromatic heterocycles.